The number of carbonyl (C=O) groups is 7. The lowest BCUT2D eigenvalue weighted by atomic mass is 9.99. The fraction of sp³-hybridized carbons (Fsp3) is 0.848. The van der Waals surface area contributed by atoms with Crippen LogP contribution in [0, 0.1) is 5.92 Å². The zero-order valence-corrected chi connectivity index (χ0v) is 39.2. The summed E-state index contributed by atoms with van der Waals surface area (Å²) in [5.74, 6) is -2.38. The molecule has 0 aromatic heterocycles. The number of carboxylic acid groups (broad SMARTS) is 2. The number of unbranched alkanes of at least 4 members (excludes halogenated alkanes) is 14. The van der Waals surface area contributed by atoms with Crippen LogP contribution in [0.1, 0.15) is 175 Å². The second-order valence-electron chi connectivity index (χ2n) is 15.7. The van der Waals surface area contributed by atoms with E-state index in [2.05, 4.69) is 16.0 Å². The Hall–Kier alpha value is -3.67. The standard InChI is InChI=1S/C24H45N3O8.C22H41NO5/c1-3-20(24(25)31)8-5-6-10-26-22(29)18-35-17-15-33-13-11-27-23(30)19-34-16-14-32-12-7-9-21(28)4-2;1-2-19(22(27)28)23-20(24)17-15-13-11-9-7-5-3-4-6-8-10-12-14-16-18-21(25)26/h20H,3-19H2,1-2H3,(H2,25,31)(H,26,29)(H,27,30);19H,2-18H2,1H3,(H,23,24)(H,25,26)(H,27,28)/t20-;19-/m00/s1. The van der Waals surface area contributed by atoms with E-state index in [1.807, 2.05) is 13.8 Å². The molecule has 17 heteroatoms. The van der Waals surface area contributed by atoms with E-state index in [9.17, 15) is 33.6 Å². The number of nitrogens with two attached hydrogens (primary N) is 1. The molecule has 0 saturated heterocycles. The third-order valence-corrected chi connectivity index (χ3v) is 10.2. The van der Waals surface area contributed by atoms with Gasteiger partial charge in [-0.05, 0) is 44.9 Å². The number of hydrogen-bond donors (Lipinski definition) is 6. The summed E-state index contributed by atoms with van der Waals surface area (Å²) >= 11 is 0. The van der Waals surface area contributed by atoms with Crippen LogP contribution in [-0.4, -0.2) is 124 Å². The molecule has 0 saturated carbocycles. The largest absolute Gasteiger partial charge is 0.481 e. The predicted octanol–water partition coefficient (Wildman–Crippen LogP) is 6.02. The predicted molar refractivity (Wildman–Crippen MR) is 242 cm³/mol. The average molecular weight is 903 g/mol. The molecule has 368 valence electrons. The fourth-order valence-corrected chi connectivity index (χ4v) is 6.26. The molecule has 0 fully saturated rings. The number of ketones is 1. The first-order valence-corrected chi connectivity index (χ1v) is 23.8. The molecule has 7 N–H and O–H groups in total. The van der Waals surface area contributed by atoms with Gasteiger partial charge in [0, 0.05) is 51.3 Å². The first-order chi connectivity index (χ1) is 30.4. The summed E-state index contributed by atoms with van der Waals surface area (Å²) in [5, 5.41) is 25.5. The molecule has 0 aromatic rings. The second-order valence-corrected chi connectivity index (χ2v) is 15.7. The molecule has 0 bridgehead atoms. The quantitative estimate of drug-likeness (QED) is 0.0383. The second kappa shape index (κ2) is 46.3. The molecular formula is C46H86N4O13. The van der Waals surface area contributed by atoms with Crippen molar-refractivity contribution in [2.24, 2.45) is 11.7 Å². The molecule has 4 amide bonds. The van der Waals surface area contributed by atoms with Gasteiger partial charge in [0.2, 0.25) is 23.6 Å². The Labute approximate surface area is 377 Å². The Morgan fingerprint density at radius 3 is 1.43 bits per heavy atom. The Kier molecular flexibility index (Phi) is 45.2. The maximum Gasteiger partial charge on any atom is 0.326 e. The zero-order chi connectivity index (χ0) is 47.2. The van der Waals surface area contributed by atoms with Gasteiger partial charge in [0.05, 0.1) is 33.0 Å². The number of rotatable bonds is 45. The van der Waals surface area contributed by atoms with Crippen LogP contribution in [0.3, 0.4) is 0 Å². The summed E-state index contributed by atoms with van der Waals surface area (Å²) in [6, 6.07) is -0.760. The highest BCUT2D eigenvalue weighted by molar-refractivity contribution is 5.83. The van der Waals surface area contributed by atoms with Gasteiger partial charge in [0.15, 0.2) is 0 Å². The van der Waals surface area contributed by atoms with Crippen molar-refractivity contribution in [3.63, 3.8) is 0 Å². The molecule has 0 aliphatic carbocycles. The van der Waals surface area contributed by atoms with Crippen LogP contribution in [0.5, 0.6) is 0 Å². The number of Topliss-reactive ketones (excluding diaryl/α,β-unsaturated/α-hetero) is 1. The fourth-order valence-electron chi connectivity index (χ4n) is 6.26. The minimum atomic E-state index is -0.966. The molecule has 63 heavy (non-hydrogen) atoms. The summed E-state index contributed by atoms with van der Waals surface area (Å²) in [6.07, 6.45) is 22.1. The minimum Gasteiger partial charge on any atom is -0.481 e. The molecule has 2 atom stereocenters. The van der Waals surface area contributed by atoms with Crippen molar-refractivity contribution in [2.75, 3.05) is 65.9 Å². The summed E-state index contributed by atoms with van der Waals surface area (Å²) in [5.41, 5.74) is 5.31. The van der Waals surface area contributed by atoms with Crippen LogP contribution in [0.4, 0.5) is 0 Å². The number of aliphatic carboxylic acids is 2. The molecule has 0 unspecified atom stereocenters. The van der Waals surface area contributed by atoms with Crippen molar-refractivity contribution in [1.82, 2.24) is 16.0 Å². The maximum absolute atomic E-state index is 11.7. The molecule has 0 rings (SSSR count). The van der Waals surface area contributed by atoms with Crippen molar-refractivity contribution < 1.29 is 62.7 Å². The average Bonchev–Trinajstić information content (AvgIpc) is 3.25. The number of hydrogen-bond acceptors (Lipinski definition) is 11. The van der Waals surface area contributed by atoms with E-state index < -0.39 is 18.0 Å². The molecule has 17 nitrogen and oxygen atoms in total. The third-order valence-electron chi connectivity index (χ3n) is 10.2. The molecule has 0 aromatic carbocycles. The molecule has 0 heterocycles. The van der Waals surface area contributed by atoms with Crippen LogP contribution in [0.15, 0.2) is 0 Å². The van der Waals surface area contributed by atoms with E-state index in [0.717, 1.165) is 64.2 Å². The van der Waals surface area contributed by atoms with Gasteiger partial charge in [-0.25, -0.2) is 4.79 Å². The number of carbonyl (C=O) groups excluding carboxylic acids is 5. The number of amides is 4. The van der Waals surface area contributed by atoms with Gasteiger partial charge >= 0.3 is 11.9 Å². The lowest BCUT2D eigenvalue weighted by Crippen LogP contribution is -2.40. The Morgan fingerprint density at radius 2 is 0.968 bits per heavy atom. The smallest absolute Gasteiger partial charge is 0.326 e. The number of ether oxygens (including phenoxy) is 4. The van der Waals surface area contributed by atoms with Crippen LogP contribution < -0.4 is 21.7 Å². The normalized spacial score (nSPS) is 11.8. The van der Waals surface area contributed by atoms with Crippen molar-refractivity contribution in [1.29, 1.82) is 0 Å². The number of nitrogens with one attached hydrogen (secondary N) is 3. The first-order valence-electron chi connectivity index (χ1n) is 23.8. The van der Waals surface area contributed by atoms with Gasteiger partial charge in [-0.15, -0.1) is 0 Å². The Morgan fingerprint density at radius 1 is 0.492 bits per heavy atom. The van der Waals surface area contributed by atoms with E-state index in [1.165, 1.54) is 51.4 Å². The van der Waals surface area contributed by atoms with Crippen molar-refractivity contribution in [2.45, 2.75) is 181 Å². The minimum absolute atomic E-state index is 0.0448. The van der Waals surface area contributed by atoms with Crippen LogP contribution >= 0.6 is 0 Å². The van der Waals surface area contributed by atoms with E-state index >= 15 is 0 Å². The molecule has 0 aliphatic heterocycles. The Bertz CT molecular complexity index is 1190. The topological polar surface area (TPSA) is 259 Å². The number of carboxylic acids is 2. The highest BCUT2D eigenvalue weighted by Crippen LogP contribution is 2.14. The van der Waals surface area contributed by atoms with Gasteiger partial charge in [-0.2, -0.15) is 0 Å². The summed E-state index contributed by atoms with van der Waals surface area (Å²) < 4.78 is 21.2. The zero-order valence-electron chi connectivity index (χ0n) is 39.2. The van der Waals surface area contributed by atoms with E-state index in [4.69, 9.17) is 34.9 Å². The molecule has 0 radical (unpaired) electrons. The Balaban J connectivity index is 0. The summed E-state index contributed by atoms with van der Waals surface area (Å²) in [6.45, 7) is 8.42. The lowest BCUT2D eigenvalue weighted by molar-refractivity contribution is -0.142. The van der Waals surface area contributed by atoms with Gasteiger partial charge in [0.25, 0.3) is 0 Å². The number of primary amides is 1. The van der Waals surface area contributed by atoms with E-state index in [-0.39, 0.29) is 55.2 Å². The van der Waals surface area contributed by atoms with Crippen LogP contribution in [-0.2, 0) is 52.5 Å². The molecular weight excluding hydrogens is 817 g/mol. The van der Waals surface area contributed by atoms with Crippen LogP contribution in [0.2, 0.25) is 0 Å². The highest BCUT2D eigenvalue weighted by atomic mass is 16.5. The van der Waals surface area contributed by atoms with E-state index in [1.54, 1.807) is 6.92 Å². The maximum atomic E-state index is 11.7. The highest BCUT2D eigenvalue weighted by Gasteiger charge is 2.17. The lowest BCUT2D eigenvalue weighted by Gasteiger charge is -2.11. The van der Waals surface area contributed by atoms with Gasteiger partial charge in [-0.1, -0.05) is 104 Å². The molecule has 0 aliphatic rings. The van der Waals surface area contributed by atoms with Crippen molar-refractivity contribution in [3.05, 3.63) is 0 Å². The monoisotopic (exact) mass is 903 g/mol. The van der Waals surface area contributed by atoms with Gasteiger partial charge < -0.3 is 50.8 Å². The molecule has 0 spiro atoms. The first kappa shape index (κ1) is 61.4. The van der Waals surface area contributed by atoms with Crippen LogP contribution in [0.25, 0.3) is 0 Å². The van der Waals surface area contributed by atoms with Crippen molar-refractivity contribution >= 4 is 41.4 Å². The van der Waals surface area contributed by atoms with Gasteiger partial charge in [-0.3, -0.25) is 28.8 Å². The van der Waals surface area contributed by atoms with Gasteiger partial charge in [0.1, 0.15) is 25.0 Å². The van der Waals surface area contributed by atoms with E-state index in [0.29, 0.717) is 84.6 Å². The van der Waals surface area contributed by atoms with Crippen molar-refractivity contribution in [3.8, 4) is 0 Å². The SMILES string of the molecule is CCC(=O)CCCOCCOCC(=O)NCCOCCOCC(=O)NCCCC[C@H](CC)C(N)=O.CC[C@H](NC(=O)CCCCCCCCCCCCCCCCC(=O)O)C(=O)O. The third kappa shape index (κ3) is 46.1. The summed E-state index contributed by atoms with van der Waals surface area (Å²) in [7, 11) is 0. The summed E-state index contributed by atoms with van der Waals surface area (Å²) in [4.78, 5) is 78.6.